The van der Waals surface area contributed by atoms with Crippen LogP contribution in [0, 0.1) is 11.8 Å². The van der Waals surface area contributed by atoms with Gasteiger partial charge in [-0.3, -0.25) is 4.79 Å². The lowest BCUT2D eigenvalue weighted by Crippen LogP contribution is -2.49. The van der Waals surface area contributed by atoms with Crippen molar-refractivity contribution >= 4 is 5.91 Å². The third kappa shape index (κ3) is 3.76. The predicted octanol–water partition coefficient (Wildman–Crippen LogP) is 0.428. The van der Waals surface area contributed by atoms with Crippen LogP contribution < -0.4 is 11.1 Å². The maximum Gasteiger partial charge on any atom is 0.235 e. The Balaban J connectivity index is 2.34. The van der Waals surface area contributed by atoms with E-state index in [4.69, 9.17) is 5.73 Å². The Morgan fingerprint density at radius 3 is 2.38 bits per heavy atom. The molecule has 0 bridgehead atoms. The normalized spacial score (nSPS) is 21.2. The molecular formula is C12H25N3O. The lowest BCUT2D eigenvalue weighted by atomic mass is 9.86. The van der Waals surface area contributed by atoms with Crippen LogP contribution in [0.15, 0.2) is 0 Å². The van der Waals surface area contributed by atoms with Gasteiger partial charge < -0.3 is 16.0 Å². The number of likely N-dealkylation sites (tertiary alicyclic amines) is 1. The first-order valence-electron chi connectivity index (χ1n) is 6.23. The summed E-state index contributed by atoms with van der Waals surface area (Å²) in [4.78, 5) is 13.4. The van der Waals surface area contributed by atoms with E-state index in [0.29, 0.717) is 0 Å². The molecule has 0 radical (unpaired) electrons. The minimum Gasteiger partial charge on any atom is -0.368 e. The highest BCUT2D eigenvalue weighted by atomic mass is 16.1. The van der Waals surface area contributed by atoms with Gasteiger partial charge in [0.1, 0.15) is 0 Å². The lowest BCUT2D eigenvalue weighted by Gasteiger charge is -2.35. The van der Waals surface area contributed by atoms with Crippen LogP contribution in [0.25, 0.3) is 0 Å². The Hall–Kier alpha value is -0.610. The summed E-state index contributed by atoms with van der Waals surface area (Å²) >= 11 is 0. The second-order valence-corrected chi connectivity index (χ2v) is 5.13. The summed E-state index contributed by atoms with van der Waals surface area (Å²) in [6.07, 6.45) is 2.49. The van der Waals surface area contributed by atoms with Crippen LogP contribution in [-0.4, -0.2) is 43.5 Å². The first-order chi connectivity index (χ1) is 7.54. The molecule has 1 fully saturated rings. The van der Waals surface area contributed by atoms with Gasteiger partial charge in [-0.1, -0.05) is 13.8 Å². The third-order valence-corrected chi connectivity index (χ3v) is 3.71. The molecule has 0 saturated carbocycles. The molecular weight excluding hydrogens is 202 g/mol. The number of piperidine rings is 1. The van der Waals surface area contributed by atoms with E-state index in [0.717, 1.165) is 31.5 Å². The second kappa shape index (κ2) is 6.21. The molecule has 1 aliphatic heterocycles. The Labute approximate surface area is 98.6 Å². The SMILES string of the molecule is CNC(CN1CCC(C(C)C)CC1)C(N)=O. The third-order valence-electron chi connectivity index (χ3n) is 3.71. The summed E-state index contributed by atoms with van der Waals surface area (Å²) in [6.45, 7) is 7.51. The van der Waals surface area contributed by atoms with Crippen LogP contribution in [0.4, 0.5) is 0 Å². The summed E-state index contributed by atoms with van der Waals surface area (Å²) in [6, 6.07) is -0.212. The van der Waals surface area contributed by atoms with Crippen molar-refractivity contribution in [1.82, 2.24) is 10.2 Å². The van der Waals surface area contributed by atoms with Gasteiger partial charge in [0.2, 0.25) is 5.91 Å². The van der Waals surface area contributed by atoms with Gasteiger partial charge in [-0.25, -0.2) is 0 Å². The Morgan fingerprint density at radius 1 is 1.44 bits per heavy atom. The van der Waals surface area contributed by atoms with E-state index < -0.39 is 0 Å². The standard InChI is InChI=1S/C12H25N3O/c1-9(2)10-4-6-15(7-5-10)8-11(14-3)12(13)16/h9-11,14H,4-8H2,1-3H3,(H2,13,16). The molecule has 1 aliphatic rings. The number of hydrogen-bond donors (Lipinski definition) is 2. The van der Waals surface area contributed by atoms with Crippen molar-refractivity contribution in [2.75, 3.05) is 26.7 Å². The first-order valence-corrected chi connectivity index (χ1v) is 6.23. The van der Waals surface area contributed by atoms with Gasteiger partial charge in [0.15, 0.2) is 0 Å². The lowest BCUT2D eigenvalue weighted by molar-refractivity contribution is -0.120. The summed E-state index contributed by atoms with van der Waals surface area (Å²) in [7, 11) is 1.79. The molecule has 0 aromatic heterocycles. The van der Waals surface area contributed by atoms with Gasteiger partial charge in [0.05, 0.1) is 6.04 Å². The predicted molar refractivity (Wildman–Crippen MR) is 66.0 cm³/mol. The smallest absolute Gasteiger partial charge is 0.235 e. The van der Waals surface area contributed by atoms with Gasteiger partial charge in [-0.15, -0.1) is 0 Å². The molecule has 1 atom stereocenters. The van der Waals surface area contributed by atoms with Crippen molar-refractivity contribution in [3.8, 4) is 0 Å². The molecule has 1 amide bonds. The summed E-state index contributed by atoms with van der Waals surface area (Å²) in [5, 5.41) is 2.97. The largest absolute Gasteiger partial charge is 0.368 e. The number of nitrogens with zero attached hydrogens (tertiary/aromatic N) is 1. The Morgan fingerprint density at radius 2 is 2.00 bits per heavy atom. The highest BCUT2D eigenvalue weighted by Crippen LogP contribution is 2.24. The van der Waals surface area contributed by atoms with Crippen molar-refractivity contribution in [2.24, 2.45) is 17.6 Å². The van der Waals surface area contributed by atoms with Crippen LogP contribution in [0.5, 0.6) is 0 Å². The minimum atomic E-state index is -0.256. The van der Waals surface area contributed by atoms with E-state index >= 15 is 0 Å². The van der Waals surface area contributed by atoms with Crippen molar-refractivity contribution in [3.05, 3.63) is 0 Å². The maximum atomic E-state index is 11.1. The average molecular weight is 227 g/mol. The number of carbonyl (C=O) groups excluding carboxylic acids is 1. The van der Waals surface area contributed by atoms with Crippen LogP contribution in [0.2, 0.25) is 0 Å². The van der Waals surface area contributed by atoms with E-state index in [1.54, 1.807) is 7.05 Å². The molecule has 0 spiro atoms. The molecule has 1 heterocycles. The number of amides is 1. The zero-order chi connectivity index (χ0) is 12.1. The van der Waals surface area contributed by atoms with Crippen LogP contribution in [-0.2, 0) is 4.79 Å². The van der Waals surface area contributed by atoms with E-state index in [9.17, 15) is 4.79 Å². The van der Waals surface area contributed by atoms with Crippen molar-refractivity contribution < 1.29 is 4.79 Å². The monoisotopic (exact) mass is 227 g/mol. The second-order valence-electron chi connectivity index (χ2n) is 5.13. The molecule has 0 aliphatic carbocycles. The molecule has 16 heavy (non-hydrogen) atoms. The molecule has 4 heteroatoms. The maximum absolute atomic E-state index is 11.1. The molecule has 1 unspecified atom stereocenters. The Bertz CT molecular complexity index is 222. The van der Waals surface area contributed by atoms with E-state index in [1.807, 2.05) is 0 Å². The van der Waals surface area contributed by atoms with E-state index in [2.05, 4.69) is 24.1 Å². The van der Waals surface area contributed by atoms with Crippen LogP contribution >= 0.6 is 0 Å². The Kier molecular flexibility index (Phi) is 5.22. The summed E-state index contributed by atoms with van der Waals surface area (Å²) in [5.41, 5.74) is 5.31. The van der Waals surface area contributed by atoms with E-state index in [1.165, 1.54) is 12.8 Å². The fourth-order valence-corrected chi connectivity index (χ4v) is 2.38. The van der Waals surface area contributed by atoms with Crippen LogP contribution in [0.3, 0.4) is 0 Å². The van der Waals surface area contributed by atoms with Gasteiger partial charge in [0.25, 0.3) is 0 Å². The summed E-state index contributed by atoms with van der Waals surface area (Å²) < 4.78 is 0. The zero-order valence-electron chi connectivity index (χ0n) is 10.7. The number of carbonyl (C=O) groups is 1. The average Bonchev–Trinajstić information content (AvgIpc) is 2.26. The number of primary amides is 1. The highest BCUT2D eigenvalue weighted by molar-refractivity contribution is 5.80. The van der Waals surface area contributed by atoms with E-state index in [-0.39, 0.29) is 11.9 Å². The topological polar surface area (TPSA) is 58.4 Å². The fraction of sp³-hybridized carbons (Fsp3) is 0.917. The highest BCUT2D eigenvalue weighted by Gasteiger charge is 2.24. The van der Waals surface area contributed by atoms with Crippen molar-refractivity contribution in [1.29, 1.82) is 0 Å². The molecule has 4 nitrogen and oxygen atoms in total. The molecule has 3 N–H and O–H groups in total. The van der Waals surface area contributed by atoms with Gasteiger partial charge in [0, 0.05) is 6.54 Å². The summed E-state index contributed by atoms with van der Waals surface area (Å²) in [5.74, 6) is 1.37. The fourth-order valence-electron chi connectivity index (χ4n) is 2.38. The van der Waals surface area contributed by atoms with Crippen molar-refractivity contribution in [3.63, 3.8) is 0 Å². The molecule has 94 valence electrons. The molecule has 0 aromatic carbocycles. The zero-order valence-corrected chi connectivity index (χ0v) is 10.7. The van der Waals surface area contributed by atoms with Gasteiger partial charge >= 0.3 is 0 Å². The van der Waals surface area contributed by atoms with Crippen LogP contribution in [0.1, 0.15) is 26.7 Å². The number of hydrogen-bond acceptors (Lipinski definition) is 3. The number of nitrogens with one attached hydrogen (secondary N) is 1. The molecule has 1 rings (SSSR count). The van der Waals surface area contributed by atoms with Crippen molar-refractivity contribution in [2.45, 2.75) is 32.7 Å². The first kappa shape index (κ1) is 13.5. The van der Waals surface area contributed by atoms with Gasteiger partial charge in [-0.05, 0) is 44.8 Å². The minimum absolute atomic E-state index is 0.212. The quantitative estimate of drug-likeness (QED) is 0.716. The number of nitrogens with two attached hydrogens (primary N) is 1. The number of rotatable bonds is 5. The number of likely N-dealkylation sites (N-methyl/N-ethyl adjacent to an activating group) is 1. The molecule has 1 saturated heterocycles. The molecule has 0 aromatic rings. The van der Waals surface area contributed by atoms with Gasteiger partial charge in [-0.2, -0.15) is 0 Å².